The topological polar surface area (TPSA) is 440 Å². The van der Waals surface area contributed by atoms with Crippen LogP contribution in [0.3, 0.4) is 0 Å². The van der Waals surface area contributed by atoms with Crippen molar-refractivity contribution in [1.82, 2.24) is 57.2 Å². The zero-order valence-electron chi connectivity index (χ0n) is 48.4. The van der Waals surface area contributed by atoms with Crippen LogP contribution in [0.1, 0.15) is 69.9 Å². The van der Waals surface area contributed by atoms with Gasteiger partial charge in [-0.3, -0.25) is 77.0 Å². The normalized spacial score (nSPS) is 19.6. The molecule has 0 saturated carbocycles. The zero-order valence-corrected chi connectivity index (χ0v) is 48.4. The maximum Gasteiger partial charge on any atom is 0.317 e. The standard InChI is InChI=1S/C54H80N12O20/c1-4-31(2)47(52(82)60-36-9-8-32-6-5-7-33-24-38(66(48(32)33)53(36)83)51(81)61-37-25-46(78)86-54(37)84-3)62-40(68)30-85-23-16-57-49(79)34(10-12-42(70)71)59-50(80)35(11-13-43(72)73)58-39(67)28-64-19-21-65(22-20-64)41(69)26-55-14-17-63(29-45(76)77)18-15-56-27-44(74)75/h5-7,31,34-38,47,54-56H,4,8-30H2,1-3H3,(H,57,79)(H,58,67)(H,59,80)(H,60,82)(H,61,81)(H,62,68)(H,70,71)(H,72,73)(H,74,75)(H,76,77)/t31-,34+,35+,36?,37?,38-,47-,54?/m0/s1. The predicted octanol–water partition coefficient (Wildman–Crippen LogP) is -5.06. The number of methoxy groups -OCH3 is 1. The minimum Gasteiger partial charge on any atom is -0.481 e. The van der Waals surface area contributed by atoms with E-state index in [0.717, 1.165) is 11.1 Å². The molecule has 4 aliphatic rings. The number of amides is 8. The number of rotatable bonds is 37. The molecule has 2 fully saturated rings. The molecule has 86 heavy (non-hydrogen) atoms. The minimum atomic E-state index is -1.48. The second-order valence-corrected chi connectivity index (χ2v) is 21.3. The van der Waals surface area contributed by atoms with Crippen molar-refractivity contribution < 1.29 is 97.0 Å². The maximum atomic E-state index is 14.4. The lowest BCUT2D eigenvalue weighted by atomic mass is 9.97. The Hall–Kier alpha value is -7.91. The van der Waals surface area contributed by atoms with Gasteiger partial charge in [-0.25, -0.2) is 0 Å². The SMILES string of the molecule is CC[C@H](C)[C@H](NC(=O)COCCNC(=O)[C@@H](CCC(=O)O)NC(=O)[C@@H](CCC(=O)O)NC(=O)CN1CCN(C(=O)CNCCN(CCNCC(=O)O)CC(=O)O)CC1)C(=O)NC1CCc2cccc3c2N(C1=O)[C@H](C(=O)NC1CC(=O)OC1OC)C3. The van der Waals surface area contributed by atoms with Crippen LogP contribution >= 0.6 is 0 Å². The highest BCUT2D eigenvalue weighted by atomic mass is 16.7. The van der Waals surface area contributed by atoms with E-state index in [4.69, 9.17) is 19.3 Å². The number of aryl methyl sites for hydroxylation is 1. The number of hydrogen-bond donors (Lipinski definition) is 12. The van der Waals surface area contributed by atoms with Gasteiger partial charge < -0.3 is 82.1 Å². The van der Waals surface area contributed by atoms with E-state index in [1.54, 1.807) is 28.5 Å². The molecule has 8 amide bonds. The van der Waals surface area contributed by atoms with Gasteiger partial charge in [-0.1, -0.05) is 38.5 Å². The lowest BCUT2D eigenvalue weighted by molar-refractivity contribution is -0.160. The second-order valence-electron chi connectivity index (χ2n) is 21.3. The van der Waals surface area contributed by atoms with Crippen molar-refractivity contribution >= 4 is 82.8 Å². The fraction of sp³-hybridized carbons (Fsp3) is 0.648. The molecule has 0 spiro atoms. The van der Waals surface area contributed by atoms with Crippen LogP contribution in [0.2, 0.25) is 0 Å². The Morgan fingerprint density at radius 2 is 1.40 bits per heavy atom. The van der Waals surface area contributed by atoms with Crippen LogP contribution in [-0.2, 0) is 89.4 Å². The average molecular weight is 1220 g/mol. The summed E-state index contributed by atoms with van der Waals surface area (Å²) in [7, 11) is 1.34. The molecule has 4 aliphatic heterocycles. The van der Waals surface area contributed by atoms with Gasteiger partial charge >= 0.3 is 29.8 Å². The lowest BCUT2D eigenvalue weighted by Crippen LogP contribution is -2.59. The fourth-order valence-corrected chi connectivity index (χ4v) is 10.2. The predicted molar refractivity (Wildman–Crippen MR) is 298 cm³/mol. The van der Waals surface area contributed by atoms with Gasteiger partial charge in [0.25, 0.3) is 0 Å². The Kier molecular flexibility index (Phi) is 27.5. The molecule has 3 unspecified atom stereocenters. The lowest BCUT2D eigenvalue weighted by Gasteiger charge is -2.34. The number of hydrogen-bond acceptors (Lipinski definition) is 20. The third kappa shape index (κ3) is 21.6. The average Bonchev–Trinajstić information content (AvgIpc) is 1.86. The van der Waals surface area contributed by atoms with Gasteiger partial charge in [0.15, 0.2) is 0 Å². The number of para-hydroxylation sites is 1. The monoisotopic (exact) mass is 1220 g/mol. The number of benzene rings is 1. The van der Waals surface area contributed by atoms with Crippen LogP contribution in [0.15, 0.2) is 18.2 Å². The smallest absolute Gasteiger partial charge is 0.317 e. The molecule has 0 aliphatic carbocycles. The first-order valence-corrected chi connectivity index (χ1v) is 28.5. The van der Waals surface area contributed by atoms with Crippen molar-refractivity contribution in [3.8, 4) is 0 Å². The third-order valence-electron chi connectivity index (χ3n) is 14.9. The van der Waals surface area contributed by atoms with Crippen LogP contribution in [0, 0.1) is 5.92 Å². The molecule has 0 radical (unpaired) electrons. The van der Waals surface area contributed by atoms with Crippen LogP contribution in [0.5, 0.6) is 0 Å². The number of carbonyl (C=O) groups excluding carboxylic acids is 9. The van der Waals surface area contributed by atoms with Crippen molar-refractivity contribution in [1.29, 1.82) is 0 Å². The van der Waals surface area contributed by atoms with Crippen LogP contribution in [0.4, 0.5) is 5.69 Å². The number of piperazine rings is 1. The number of esters is 1. The summed E-state index contributed by atoms with van der Waals surface area (Å²) in [5, 5.41) is 58.2. The van der Waals surface area contributed by atoms with E-state index in [0.29, 0.717) is 18.5 Å². The molecule has 0 aromatic heterocycles. The summed E-state index contributed by atoms with van der Waals surface area (Å²) in [4.78, 5) is 172. The van der Waals surface area contributed by atoms with Crippen molar-refractivity contribution in [3.63, 3.8) is 0 Å². The van der Waals surface area contributed by atoms with Gasteiger partial charge in [-0.15, -0.1) is 0 Å². The molecule has 12 N–H and O–H groups in total. The van der Waals surface area contributed by atoms with E-state index < -0.39 is 152 Å². The van der Waals surface area contributed by atoms with Gasteiger partial charge in [-0.05, 0) is 42.7 Å². The molecule has 5 rings (SSSR count). The van der Waals surface area contributed by atoms with Crippen molar-refractivity contribution in [2.24, 2.45) is 5.92 Å². The molecule has 1 aromatic carbocycles. The second kappa shape index (κ2) is 34.3. The Labute approximate surface area is 495 Å². The Morgan fingerprint density at radius 3 is 2.02 bits per heavy atom. The van der Waals surface area contributed by atoms with Gasteiger partial charge in [0, 0.05) is 85.3 Å². The highest BCUT2D eigenvalue weighted by Crippen LogP contribution is 2.39. The molecule has 476 valence electrons. The highest BCUT2D eigenvalue weighted by Gasteiger charge is 2.46. The van der Waals surface area contributed by atoms with E-state index >= 15 is 0 Å². The first-order chi connectivity index (χ1) is 41.0. The number of anilines is 1. The van der Waals surface area contributed by atoms with Gasteiger partial charge in [0.2, 0.25) is 53.5 Å². The van der Waals surface area contributed by atoms with E-state index in [1.807, 2.05) is 18.2 Å². The maximum absolute atomic E-state index is 14.4. The quantitative estimate of drug-likeness (QED) is 0.0219. The fourth-order valence-electron chi connectivity index (χ4n) is 10.2. The zero-order chi connectivity index (χ0) is 63.0. The molecular weight excluding hydrogens is 1140 g/mol. The molecule has 8 atom stereocenters. The van der Waals surface area contributed by atoms with E-state index in [1.165, 1.54) is 12.0 Å². The van der Waals surface area contributed by atoms with Gasteiger partial charge in [0.05, 0.1) is 44.9 Å². The van der Waals surface area contributed by atoms with Gasteiger partial charge in [0.1, 0.15) is 42.9 Å². The summed E-state index contributed by atoms with van der Waals surface area (Å²) < 4.78 is 15.8. The summed E-state index contributed by atoms with van der Waals surface area (Å²) in [6.45, 7) is 3.60. The first kappa shape index (κ1) is 68.9. The Morgan fingerprint density at radius 1 is 0.744 bits per heavy atom. The minimum absolute atomic E-state index is 0.0559. The molecule has 32 nitrogen and oxygen atoms in total. The number of carbonyl (C=O) groups is 13. The summed E-state index contributed by atoms with van der Waals surface area (Å²) in [6, 6.07) is -1.50. The third-order valence-corrected chi connectivity index (χ3v) is 14.9. The van der Waals surface area contributed by atoms with Crippen LogP contribution in [-0.4, -0.2) is 260 Å². The summed E-state index contributed by atoms with van der Waals surface area (Å²) >= 11 is 0. The van der Waals surface area contributed by atoms with Crippen LogP contribution < -0.4 is 47.4 Å². The number of carboxylic acid groups (broad SMARTS) is 4. The number of nitrogens with zero attached hydrogens (tertiary/aromatic N) is 4. The van der Waals surface area contributed by atoms with E-state index in [9.17, 15) is 77.6 Å². The van der Waals surface area contributed by atoms with Crippen LogP contribution in [0.25, 0.3) is 0 Å². The number of cyclic esters (lactones) is 1. The molecule has 1 aromatic rings. The Bertz CT molecular complexity index is 2620. The molecular formula is C54H80N12O20. The Balaban J connectivity index is 1.07. The molecule has 0 bridgehead atoms. The van der Waals surface area contributed by atoms with Crippen molar-refractivity contribution in [2.45, 2.75) is 114 Å². The van der Waals surface area contributed by atoms with Crippen molar-refractivity contribution in [3.05, 3.63) is 29.3 Å². The van der Waals surface area contributed by atoms with E-state index in [-0.39, 0.29) is 117 Å². The molecule has 4 heterocycles. The number of ether oxygens (including phenoxy) is 3. The molecule has 32 heteroatoms. The number of nitrogens with one attached hydrogen (secondary N) is 8. The molecule has 2 saturated heterocycles. The van der Waals surface area contributed by atoms with Crippen molar-refractivity contribution in [2.75, 3.05) is 110 Å². The highest BCUT2D eigenvalue weighted by molar-refractivity contribution is 6.08. The van der Waals surface area contributed by atoms with Gasteiger partial charge in [-0.2, -0.15) is 0 Å². The summed E-state index contributed by atoms with van der Waals surface area (Å²) in [5.74, 6) is -10.9. The summed E-state index contributed by atoms with van der Waals surface area (Å²) in [5.41, 5.74) is 2.13. The summed E-state index contributed by atoms with van der Waals surface area (Å²) in [6.07, 6.45) is -1.91. The number of carboxylic acids is 4. The van der Waals surface area contributed by atoms with E-state index in [2.05, 4.69) is 42.5 Å². The number of aliphatic carboxylic acids is 4. The largest absolute Gasteiger partial charge is 0.481 e. The first-order valence-electron chi connectivity index (χ1n) is 28.5.